The number of rotatable bonds is 2. The van der Waals surface area contributed by atoms with E-state index in [0.717, 1.165) is 38.2 Å². The highest BCUT2D eigenvalue weighted by molar-refractivity contribution is 5.74. The summed E-state index contributed by atoms with van der Waals surface area (Å²) < 4.78 is 13.0. The van der Waals surface area contributed by atoms with Crippen LogP contribution in [0.4, 0.5) is 9.18 Å². The molecule has 2 bridgehead atoms. The standard InChI is InChI=1S/C17H24FN3O/c1-19(2)17(22)21-11-14-5-8-16(21)12-20(10-14)9-13-3-6-15(18)7-4-13/h3-4,6-7,14,16H,5,8-12H2,1-2H3/t14-,16+/m1/s1. The Morgan fingerprint density at radius 2 is 1.91 bits per heavy atom. The van der Waals surface area contributed by atoms with E-state index in [2.05, 4.69) is 4.90 Å². The van der Waals surface area contributed by atoms with Gasteiger partial charge in [0.25, 0.3) is 0 Å². The van der Waals surface area contributed by atoms with E-state index in [0.29, 0.717) is 12.0 Å². The molecule has 0 unspecified atom stereocenters. The van der Waals surface area contributed by atoms with E-state index in [1.54, 1.807) is 4.90 Å². The third-order valence-corrected chi connectivity index (χ3v) is 4.74. The van der Waals surface area contributed by atoms with Crippen molar-refractivity contribution in [1.82, 2.24) is 14.7 Å². The molecule has 3 saturated heterocycles. The Balaban J connectivity index is 1.69. The first kappa shape index (κ1) is 15.3. The fraction of sp³-hybridized carbons (Fsp3) is 0.588. The molecule has 2 amide bonds. The number of carbonyl (C=O) groups is 1. The minimum atomic E-state index is -0.192. The van der Waals surface area contributed by atoms with Crippen LogP contribution in [0.5, 0.6) is 0 Å². The lowest BCUT2D eigenvalue weighted by molar-refractivity contribution is 0.120. The summed E-state index contributed by atoms with van der Waals surface area (Å²) in [7, 11) is 3.63. The number of halogens is 1. The Bertz CT molecular complexity index is 531. The quantitative estimate of drug-likeness (QED) is 0.839. The van der Waals surface area contributed by atoms with Gasteiger partial charge in [-0.2, -0.15) is 0 Å². The van der Waals surface area contributed by atoms with E-state index in [-0.39, 0.29) is 11.8 Å². The van der Waals surface area contributed by atoms with Crippen LogP contribution in [-0.4, -0.2) is 60.5 Å². The predicted octanol–water partition coefficient (Wildman–Crippen LogP) is 2.40. The number of piperidine rings is 1. The molecule has 5 heteroatoms. The van der Waals surface area contributed by atoms with Crippen LogP contribution < -0.4 is 0 Å². The van der Waals surface area contributed by atoms with E-state index in [4.69, 9.17) is 0 Å². The number of nitrogens with zero attached hydrogens (tertiary/aromatic N) is 3. The molecule has 0 radical (unpaired) electrons. The minimum Gasteiger partial charge on any atom is -0.331 e. The van der Waals surface area contributed by atoms with Crippen LogP contribution in [0.1, 0.15) is 18.4 Å². The zero-order valence-electron chi connectivity index (χ0n) is 13.3. The molecular weight excluding hydrogens is 281 g/mol. The fourth-order valence-electron chi connectivity index (χ4n) is 3.65. The summed E-state index contributed by atoms with van der Waals surface area (Å²) in [4.78, 5) is 18.5. The highest BCUT2D eigenvalue weighted by atomic mass is 19.1. The lowest BCUT2D eigenvalue weighted by Gasteiger charge is -2.37. The molecule has 1 aromatic carbocycles. The van der Waals surface area contributed by atoms with Crippen molar-refractivity contribution in [2.24, 2.45) is 5.92 Å². The lowest BCUT2D eigenvalue weighted by Crippen LogP contribution is -2.51. The van der Waals surface area contributed by atoms with Gasteiger partial charge >= 0.3 is 6.03 Å². The second kappa shape index (κ2) is 6.24. The third kappa shape index (κ3) is 3.24. The van der Waals surface area contributed by atoms with Gasteiger partial charge in [0, 0.05) is 46.3 Å². The molecule has 3 aliphatic rings. The molecule has 120 valence electrons. The summed E-state index contributed by atoms with van der Waals surface area (Å²) in [6.07, 6.45) is 2.28. The van der Waals surface area contributed by atoms with E-state index in [9.17, 15) is 9.18 Å². The molecule has 0 spiro atoms. The Morgan fingerprint density at radius 1 is 1.18 bits per heavy atom. The molecule has 3 heterocycles. The van der Waals surface area contributed by atoms with Crippen molar-refractivity contribution in [1.29, 1.82) is 0 Å². The van der Waals surface area contributed by atoms with Gasteiger partial charge in [0.1, 0.15) is 5.82 Å². The van der Waals surface area contributed by atoms with E-state index < -0.39 is 0 Å². The van der Waals surface area contributed by atoms with Gasteiger partial charge in [-0.25, -0.2) is 9.18 Å². The molecule has 3 aliphatic heterocycles. The van der Waals surface area contributed by atoms with Crippen LogP contribution in [0.25, 0.3) is 0 Å². The van der Waals surface area contributed by atoms with Crippen molar-refractivity contribution in [3.8, 4) is 0 Å². The maximum atomic E-state index is 13.0. The van der Waals surface area contributed by atoms with Crippen LogP contribution in [-0.2, 0) is 6.54 Å². The van der Waals surface area contributed by atoms with Gasteiger partial charge in [-0.05, 0) is 36.5 Å². The average molecular weight is 305 g/mol. The molecule has 22 heavy (non-hydrogen) atoms. The van der Waals surface area contributed by atoms with Crippen molar-refractivity contribution >= 4 is 6.03 Å². The molecule has 4 rings (SSSR count). The lowest BCUT2D eigenvalue weighted by atomic mass is 9.95. The minimum absolute atomic E-state index is 0.123. The molecule has 0 saturated carbocycles. The average Bonchev–Trinajstić information content (AvgIpc) is 2.79. The second-order valence-corrected chi connectivity index (χ2v) is 6.75. The van der Waals surface area contributed by atoms with Crippen molar-refractivity contribution in [2.75, 3.05) is 33.7 Å². The summed E-state index contributed by atoms with van der Waals surface area (Å²) in [6.45, 7) is 3.62. The normalized spacial score (nSPS) is 25.1. The number of urea groups is 1. The molecule has 4 nitrogen and oxygen atoms in total. The number of hydrogen-bond acceptors (Lipinski definition) is 2. The van der Waals surface area contributed by atoms with Crippen LogP contribution in [0.3, 0.4) is 0 Å². The van der Waals surface area contributed by atoms with Gasteiger partial charge in [-0.15, -0.1) is 0 Å². The number of fused-ring (bicyclic) bond motifs is 4. The van der Waals surface area contributed by atoms with Gasteiger partial charge in [-0.3, -0.25) is 4.90 Å². The van der Waals surface area contributed by atoms with Gasteiger partial charge in [0.15, 0.2) is 0 Å². The Labute approximate surface area is 131 Å². The Morgan fingerprint density at radius 3 is 2.59 bits per heavy atom. The van der Waals surface area contributed by atoms with Crippen LogP contribution in [0.15, 0.2) is 24.3 Å². The van der Waals surface area contributed by atoms with Crippen molar-refractivity contribution < 1.29 is 9.18 Å². The molecule has 0 aliphatic carbocycles. The molecular formula is C17H24FN3O. The molecule has 0 N–H and O–H groups in total. The van der Waals surface area contributed by atoms with Crippen molar-refractivity contribution in [3.05, 3.63) is 35.6 Å². The van der Waals surface area contributed by atoms with Crippen LogP contribution in [0, 0.1) is 11.7 Å². The highest BCUT2D eigenvalue weighted by Gasteiger charge is 2.37. The van der Waals surface area contributed by atoms with Crippen LogP contribution in [0.2, 0.25) is 0 Å². The van der Waals surface area contributed by atoms with Crippen molar-refractivity contribution in [3.63, 3.8) is 0 Å². The fourth-order valence-corrected chi connectivity index (χ4v) is 3.65. The summed E-state index contributed by atoms with van der Waals surface area (Å²) in [5, 5.41) is 0. The number of amides is 2. The maximum Gasteiger partial charge on any atom is 0.319 e. The third-order valence-electron chi connectivity index (χ3n) is 4.74. The summed E-state index contributed by atoms with van der Waals surface area (Å²) in [5.41, 5.74) is 1.13. The zero-order valence-corrected chi connectivity index (χ0v) is 13.3. The monoisotopic (exact) mass is 305 g/mol. The largest absolute Gasteiger partial charge is 0.331 e. The Kier molecular flexibility index (Phi) is 4.34. The molecule has 0 aromatic heterocycles. The first-order valence-corrected chi connectivity index (χ1v) is 7.97. The van der Waals surface area contributed by atoms with Gasteiger partial charge in [-0.1, -0.05) is 12.1 Å². The van der Waals surface area contributed by atoms with Crippen LogP contribution >= 0.6 is 0 Å². The molecule has 3 fully saturated rings. The smallest absolute Gasteiger partial charge is 0.319 e. The molecule has 2 atom stereocenters. The summed E-state index contributed by atoms with van der Waals surface area (Å²) in [5.74, 6) is 0.352. The SMILES string of the molecule is CN(C)C(=O)N1C[C@@H]2CC[C@H]1CN(Cc1ccc(F)cc1)C2. The van der Waals surface area contributed by atoms with Gasteiger partial charge < -0.3 is 9.80 Å². The topological polar surface area (TPSA) is 26.8 Å². The predicted molar refractivity (Wildman–Crippen MR) is 84.0 cm³/mol. The first-order chi connectivity index (χ1) is 10.5. The van der Waals surface area contributed by atoms with Gasteiger partial charge in [0.2, 0.25) is 0 Å². The summed E-state index contributed by atoms with van der Waals surface area (Å²) in [6, 6.07) is 7.16. The van der Waals surface area contributed by atoms with Gasteiger partial charge in [0.05, 0.1) is 0 Å². The summed E-state index contributed by atoms with van der Waals surface area (Å²) >= 11 is 0. The number of benzene rings is 1. The molecule has 1 aromatic rings. The Hall–Kier alpha value is -1.62. The van der Waals surface area contributed by atoms with E-state index in [1.165, 1.54) is 18.6 Å². The maximum absolute atomic E-state index is 13.0. The van der Waals surface area contributed by atoms with E-state index >= 15 is 0 Å². The van der Waals surface area contributed by atoms with Crippen molar-refractivity contribution in [2.45, 2.75) is 25.4 Å². The second-order valence-electron chi connectivity index (χ2n) is 6.75. The first-order valence-electron chi connectivity index (χ1n) is 7.97. The number of hydrogen-bond donors (Lipinski definition) is 0. The van der Waals surface area contributed by atoms with E-state index in [1.807, 2.05) is 31.1 Å². The highest BCUT2D eigenvalue weighted by Crippen LogP contribution is 2.29. The zero-order chi connectivity index (χ0) is 15.7. The number of carbonyl (C=O) groups excluding carboxylic acids is 1.